The minimum absolute atomic E-state index is 0.0152. The van der Waals surface area contributed by atoms with E-state index in [-0.39, 0.29) is 18.4 Å². The van der Waals surface area contributed by atoms with Gasteiger partial charge in [-0.2, -0.15) is 0 Å². The zero-order valence-corrected chi connectivity index (χ0v) is 17.7. The predicted molar refractivity (Wildman–Crippen MR) is 118 cm³/mol. The van der Waals surface area contributed by atoms with Crippen LogP contribution in [0.5, 0.6) is 5.75 Å². The zero-order valence-electron chi connectivity index (χ0n) is 17.7. The average Bonchev–Trinajstić information content (AvgIpc) is 2.79. The first kappa shape index (κ1) is 21.8. The van der Waals surface area contributed by atoms with Crippen molar-refractivity contribution in [2.75, 3.05) is 45.9 Å². The molecule has 160 valence electrons. The summed E-state index contributed by atoms with van der Waals surface area (Å²) in [5, 5.41) is 2.94. The van der Waals surface area contributed by atoms with E-state index in [1.165, 1.54) is 0 Å². The van der Waals surface area contributed by atoms with E-state index in [1.807, 2.05) is 59.5 Å². The fraction of sp³-hybridized carbons (Fsp3) is 0.417. The molecule has 0 saturated carbocycles. The number of amides is 2. The molecule has 6 nitrogen and oxygen atoms in total. The molecule has 0 unspecified atom stereocenters. The van der Waals surface area contributed by atoms with Crippen molar-refractivity contribution in [3.05, 3.63) is 54.6 Å². The summed E-state index contributed by atoms with van der Waals surface area (Å²) in [6.45, 7) is 5.88. The number of benzene rings is 2. The highest BCUT2D eigenvalue weighted by Gasteiger charge is 2.22. The van der Waals surface area contributed by atoms with Crippen LogP contribution in [0.15, 0.2) is 54.6 Å². The number of carbonyl (C=O) groups excluding carboxylic acids is 2. The van der Waals surface area contributed by atoms with Crippen LogP contribution in [0, 0.1) is 0 Å². The first-order valence-corrected chi connectivity index (χ1v) is 10.7. The summed E-state index contributed by atoms with van der Waals surface area (Å²) >= 11 is 0. The maximum absolute atomic E-state index is 12.6. The van der Waals surface area contributed by atoms with Crippen LogP contribution in [0.2, 0.25) is 0 Å². The fourth-order valence-corrected chi connectivity index (χ4v) is 3.50. The summed E-state index contributed by atoms with van der Waals surface area (Å²) in [5.41, 5.74) is 2.04. The lowest BCUT2D eigenvalue weighted by atomic mass is 10.1. The van der Waals surface area contributed by atoms with Crippen molar-refractivity contribution in [2.45, 2.75) is 19.8 Å². The fourth-order valence-electron chi connectivity index (χ4n) is 3.50. The van der Waals surface area contributed by atoms with Crippen molar-refractivity contribution in [3.8, 4) is 16.9 Å². The van der Waals surface area contributed by atoms with Crippen molar-refractivity contribution >= 4 is 11.8 Å². The number of unbranched alkanes of at least 4 members (excludes halogenated alkanes) is 1. The molecule has 6 heteroatoms. The maximum Gasteiger partial charge on any atom is 0.260 e. The number of carbonyl (C=O) groups is 2. The van der Waals surface area contributed by atoms with Crippen LogP contribution in [0.1, 0.15) is 19.8 Å². The number of piperazine rings is 1. The predicted octanol–water partition coefficient (Wildman–Crippen LogP) is 2.79. The Bertz CT molecular complexity index is 817. The van der Waals surface area contributed by atoms with Gasteiger partial charge in [0.05, 0.1) is 6.54 Å². The Morgan fingerprint density at radius 1 is 0.967 bits per heavy atom. The van der Waals surface area contributed by atoms with Gasteiger partial charge in [-0.05, 0) is 18.1 Å². The van der Waals surface area contributed by atoms with Gasteiger partial charge in [-0.15, -0.1) is 0 Å². The zero-order chi connectivity index (χ0) is 21.2. The Hall–Kier alpha value is -2.86. The molecule has 1 aliphatic heterocycles. The molecule has 0 aromatic heterocycles. The minimum atomic E-state index is -0.0232. The van der Waals surface area contributed by atoms with Gasteiger partial charge in [-0.3, -0.25) is 14.5 Å². The molecular formula is C24H31N3O3. The molecule has 0 radical (unpaired) electrons. The van der Waals surface area contributed by atoms with Gasteiger partial charge < -0.3 is 15.0 Å². The highest BCUT2D eigenvalue weighted by atomic mass is 16.5. The lowest BCUT2D eigenvalue weighted by Crippen LogP contribution is -2.52. The molecule has 1 aliphatic rings. The molecule has 30 heavy (non-hydrogen) atoms. The van der Waals surface area contributed by atoms with E-state index in [2.05, 4.69) is 17.1 Å². The Labute approximate surface area is 178 Å². The molecule has 2 aromatic rings. The topological polar surface area (TPSA) is 61.9 Å². The molecule has 1 saturated heterocycles. The Morgan fingerprint density at radius 2 is 1.67 bits per heavy atom. The van der Waals surface area contributed by atoms with E-state index in [9.17, 15) is 9.59 Å². The third-order valence-corrected chi connectivity index (χ3v) is 5.27. The maximum atomic E-state index is 12.6. The van der Waals surface area contributed by atoms with E-state index in [0.717, 1.165) is 30.5 Å². The second-order valence-corrected chi connectivity index (χ2v) is 7.51. The largest absolute Gasteiger partial charge is 0.483 e. The van der Waals surface area contributed by atoms with Gasteiger partial charge in [-0.25, -0.2) is 0 Å². The van der Waals surface area contributed by atoms with E-state index < -0.39 is 0 Å². The van der Waals surface area contributed by atoms with Crippen molar-refractivity contribution < 1.29 is 14.3 Å². The number of nitrogens with zero attached hydrogens (tertiary/aromatic N) is 2. The van der Waals surface area contributed by atoms with Crippen molar-refractivity contribution in [2.24, 2.45) is 0 Å². The monoisotopic (exact) mass is 409 g/mol. The summed E-state index contributed by atoms with van der Waals surface area (Å²) in [4.78, 5) is 28.5. The van der Waals surface area contributed by atoms with Crippen LogP contribution >= 0.6 is 0 Å². The Balaban J connectivity index is 1.46. The standard InChI is InChI=1S/C24H31N3O3/c1-2-3-13-25-23(28)18-26-14-16-27(17-15-26)24(29)19-30-22-12-8-7-11-21(22)20-9-5-4-6-10-20/h4-12H,2-3,13-19H2,1H3,(H,25,28). The van der Waals surface area contributed by atoms with E-state index >= 15 is 0 Å². The average molecular weight is 410 g/mol. The number of nitrogens with one attached hydrogen (secondary N) is 1. The smallest absolute Gasteiger partial charge is 0.260 e. The van der Waals surface area contributed by atoms with Crippen LogP contribution in [0.25, 0.3) is 11.1 Å². The first-order chi connectivity index (χ1) is 14.7. The van der Waals surface area contributed by atoms with Crippen LogP contribution in [-0.2, 0) is 9.59 Å². The van der Waals surface area contributed by atoms with Gasteiger partial charge in [0.25, 0.3) is 5.91 Å². The summed E-state index contributed by atoms with van der Waals surface area (Å²) in [7, 11) is 0. The van der Waals surface area contributed by atoms with Crippen LogP contribution in [0.4, 0.5) is 0 Å². The van der Waals surface area contributed by atoms with Crippen LogP contribution < -0.4 is 10.1 Å². The third-order valence-electron chi connectivity index (χ3n) is 5.27. The molecule has 2 aromatic carbocycles. The van der Waals surface area contributed by atoms with E-state index in [1.54, 1.807) is 0 Å². The number of para-hydroxylation sites is 1. The molecular weight excluding hydrogens is 378 g/mol. The molecule has 0 spiro atoms. The lowest BCUT2D eigenvalue weighted by molar-refractivity contribution is -0.135. The van der Waals surface area contributed by atoms with Gasteiger partial charge in [0.15, 0.2) is 6.61 Å². The van der Waals surface area contributed by atoms with Crippen molar-refractivity contribution in [1.82, 2.24) is 15.1 Å². The first-order valence-electron chi connectivity index (χ1n) is 10.7. The van der Waals surface area contributed by atoms with Crippen molar-refractivity contribution in [1.29, 1.82) is 0 Å². The van der Waals surface area contributed by atoms with Gasteiger partial charge in [0.2, 0.25) is 5.91 Å². The molecule has 0 bridgehead atoms. The normalized spacial score (nSPS) is 14.4. The number of hydrogen-bond acceptors (Lipinski definition) is 4. The second-order valence-electron chi connectivity index (χ2n) is 7.51. The Morgan fingerprint density at radius 3 is 2.40 bits per heavy atom. The van der Waals surface area contributed by atoms with Gasteiger partial charge >= 0.3 is 0 Å². The molecule has 0 atom stereocenters. The van der Waals surface area contributed by atoms with Gasteiger partial charge in [-0.1, -0.05) is 61.9 Å². The summed E-state index contributed by atoms with van der Waals surface area (Å²) < 4.78 is 5.88. The number of hydrogen-bond donors (Lipinski definition) is 1. The minimum Gasteiger partial charge on any atom is -0.483 e. The molecule has 1 N–H and O–H groups in total. The lowest BCUT2D eigenvalue weighted by Gasteiger charge is -2.34. The van der Waals surface area contributed by atoms with Crippen LogP contribution in [-0.4, -0.2) is 67.5 Å². The molecule has 0 aliphatic carbocycles. The molecule has 1 fully saturated rings. The summed E-state index contributed by atoms with van der Waals surface area (Å²) in [6, 6.07) is 17.8. The Kier molecular flexibility index (Phi) is 8.27. The molecule has 3 rings (SSSR count). The molecule has 1 heterocycles. The highest BCUT2D eigenvalue weighted by molar-refractivity contribution is 5.79. The van der Waals surface area contributed by atoms with Crippen molar-refractivity contribution in [3.63, 3.8) is 0 Å². The quantitative estimate of drug-likeness (QED) is 0.647. The van der Waals surface area contributed by atoms with Crippen LogP contribution in [0.3, 0.4) is 0 Å². The summed E-state index contributed by atoms with van der Waals surface area (Å²) in [6.07, 6.45) is 2.07. The van der Waals surface area contributed by atoms with E-state index in [4.69, 9.17) is 4.74 Å². The number of ether oxygens (including phenoxy) is 1. The second kappa shape index (κ2) is 11.4. The highest BCUT2D eigenvalue weighted by Crippen LogP contribution is 2.29. The summed E-state index contributed by atoms with van der Waals surface area (Å²) in [5.74, 6) is 0.744. The number of rotatable bonds is 9. The van der Waals surface area contributed by atoms with Gasteiger partial charge in [0.1, 0.15) is 5.75 Å². The van der Waals surface area contributed by atoms with E-state index in [0.29, 0.717) is 38.5 Å². The third kappa shape index (κ3) is 6.32. The SMILES string of the molecule is CCCCNC(=O)CN1CCN(C(=O)COc2ccccc2-c2ccccc2)CC1. The molecule has 2 amide bonds. The van der Waals surface area contributed by atoms with Gasteiger partial charge in [0, 0.05) is 38.3 Å².